The van der Waals surface area contributed by atoms with E-state index in [-0.39, 0.29) is 36.4 Å². The van der Waals surface area contributed by atoms with Gasteiger partial charge in [0, 0.05) is 12.6 Å². The van der Waals surface area contributed by atoms with E-state index in [2.05, 4.69) is 5.32 Å². The third-order valence-corrected chi connectivity index (χ3v) is 5.62. The van der Waals surface area contributed by atoms with Gasteiger partial charge in [0.15, 0.2) is 5.43 Å². The van der Waals surface area contributed by atoms with E-state index in [1.165, 1.54) is 24.8 Å². The number of halogens is 1. The molecule has 0 aliphatic heterocycles. The van der Waals surface area contributed by atoms with Crippen molar-refractivity contribution in [3.63, 3.8) is 0 Å². The van der Waals surface area contributed by atoms with Gasteiger partial charge in [-0.25, -0.2) is 9.18 Å². The number of nitrogens with zero attached hydrogens (tertiary/aromatic N) is 1. The standard InChI is InChI=1S/C24H25FN2O3/c25-19-12-10-17(11-13-19)14-27(24(29)26-20-6-2-1-3-7-20)15-18-16-30-22-9-5-4-8-21(22)23(18)28/h4-5,8-13,16,20H,1-3,6-7,14-15H2,(H,26,29). The largest absolute Gasteiger partial charge is 0.464 e. The Kier molecular flexibility index (Phi) is 6.12. The Labute approximate surface area is 174 Å². The molecule has 2 amide bonds. The SMILES string of the molecule is O=C(NC1CCCCC1)N(Cc1ccc(F)cc1)Cc1coc2ccccc2c1=O. The first kappa shape index (κ1) is 20.1. The Bertz CT molecular complexity index is 1070. The molecule has 30 heavy (non-hydrogen) atoms. The highest BCUT2D eigenvalue weighted by atomic mass is 19.1. The van der Waals surface area contributed by atoms with Gasteiger partial charge < -0.3 is 14.6 Å². The molecule has 1 aromatic heterocycles. The number of carbonyl (C=O) groups is 1. The second kappa shape index (κ2) is 9.11. The highest BCUT2D eigenvalue weighted by molar-refractivity contribution is 5.77. The fourth-order valence-electron chi connectivity index (χ4n) is 3.96. The normalized spacial score (nSPS) is 14.6. The van der Waals surface area contributed by atoms with Crippen molar-refractivity contribution in [3.05, 3.63) is 82.0 Å². The molecule has 1 heterocycles. The molecule has 2 aromatic carbocycles. The van der Waals surface area contributed by atoms with Crippen molar-refractivity contribution in [3.8, 4) is 0 Å². The molecular formula is C24H25FN2O3. The summed E-state index contributed by atoms with van der Waals surface area (Å²) in [5, 5.41) is 3.60. The first-order chi connectivity index (χ1) is 14.6. The third kappa shape index (κ3) is 4.70. The molecule has 1 aliphatic carbocycles. The summed E-state index contributed by atoms with van der Waals surface area (Å²) < 4.78 is 18.9. The number of para-hydroxylation sites is 1. The summed E-state index contributed by atoms with van der Waals surface area (Å²) in [6.45, 7) is 0.383. The molecule has 156 valence electrons. The summed E-state index contributed by atoms with van der Waals surface area (Å²) in [5.74, 6) is -0.327. The Morgan fingerprint density at radius 3 is 2.53 bits per heavy atom. The molecule has 5 nitrogen and oxygen atoms in total. The summed E-state index contributed by atoms with van der Waals surface area (Å²) in [6.07, 6.45) is 6.77. The van der Waals surface area contributed by atoms with Gasteiger partial charge in [-0.1, -0.05) is 43.5 Å². The number of fused-ring (bicyclic) bond motifs is 1. The Hall–Kier alpha value is -3.15. The van der Waals surface area contributed by atoms with E-state index >= 15 is 0 Å². The molecule has 1 N–H and O–H groups in total. The van der Waals surface area contributed by atoms with Crippen molar-refractivity contribution < 1.29 is 13.6 Å². The summed E-state index contributed by atoms with van der Waals surface area (Å²) in [5.41, 5.74) is 1.57. The molecule has 0 radical (unpaired) electrons. The van der Waals surface area contributed by atoms with Gasteiger partial charge in [-0.3, -0.25) is 4.79 Å². The number of hydrogen-bond acceptors (Lipinski definition) is 3. The number of hydrogen-bond donors (Lipinski definition) is 1. The van der Waals surface area contributed by atoms with Crippen LogP contribution in [0.5, 0.6) is 0 Å². The molecule has 0 bridgehead atoms. The molecule has 1 fully saturated rings. The maximum absolute atomic E-state index is 13.3. The summed E-state index contributed by atoms with van der Waals surface area (Å²) in [4.78, 5) is 27.6. The average Bonchev–Trinajstić information content (AvgIpc) is 2.77. The number of urea groups is 1. The predicted molar refractivity (Wildman–Crippen MR) is 114 cm³/mol. The zero-order valence-electron chi connectivity index (χ0n) is 16.8. The van der Waals surface area contributed by atoms with E-state index in [1.54, 1.807) is 35.2 Å². The van der Waals surface area contributed by atoms with Gasteiger partial charge in [0.1, 0.15) is 11.4 Å². The van der Waals surface area contributed by atoms with E-state index in [9.17, 15) is 14.0 Å². The molecule has 4 rings (SSSR count). The monoisotopic (exact) mass is 408 g/mol. The van der Waals surface area contributed by atoms with Crippen LogP contribution in [-0.2, 0) is 13.1 Å². The summed E-state index contributed by atoms with van der Waals surface area (Å²) in [7, 11) is 0. The van der Waals surface area contributed by atoms with Crippen molar-refractivity contribution in [2.45, 2.75) is 51.2 Å². The molecule has 0 spiro atoms. The van der Waals surface area contributed by atoms with E-state index in [0.29, 0.717) is 16.5 Å². The van der Waals surface area contributed by atoms with Crippen LogP contribution < -0.4 is 10.7 Å². The van der Waals surface area contributed by atoms with Gasteiger partial charge in [0.05, 0.1) is 23.8 Å². The highest BCUT2D eigenvalue weighted by Gasteiger charge is 2.22. The molecule has 0 saturated heterocycles. The molecule has 1 aliphatic rings. The number of nitrogens with one attached hydrogen (secondary N) is 1. The minimum atomic E-state index is -0.327. The van der Waals surface area contributed by atoms with Crippen LogP contribution in [0.25, 0.3) is 11.0 Å². The average molecular weight is 408 g/mol. The number of rotatable bonds is 5. The zero-order chi connectivity index (χ0) is 20.9. The molecule has 0 atom stereocenters. The maximum atomic E-state index is 13.3. The van der Waals surface area contributed by atoms with Crippen LogP contribution in [0.2, 0.25) is 0 Å². The van der Waals surface area contributed by atoms with Gasteiger partial charge >= 0.3 is 6.03 Å². The zero-order valence-corrected chi connectivity index (χ0v) is 16.8. The number of benzene rings is 2. The highest BCUT2D eigenvalue weighted by Crippen LogP contribution is 2.19. The molecular weight excluding hydrogens is 383 g/mol. The lowest BCUT2D eigenvalue weighted by Gasteiger charge is -2.28. The second-order valence-electron chi connectivity index (χ2n) is 7.85. The predicted octanol–water partition coefficient (Wildman–Crippen LogP) is 4.98. The number of amides is 2. The summed E-state index contributed by atoms with van der Waals surface area (Å²) in [6, 6.07) is 13.0. The third-order valence-electron chi connectivity index (χ3n) is 5.62. The van der Waals surface area contributed by atoms with Crippen LogP contribution in [0, 0.1) is 5.82 Å². The lowest BCUT2D eigenvalue weighted by molar-refractivity contribution is 0.184. The first-order valence-electron chi connectivity index (χ1n) is 10.4. The van der Waals surface area contributed by atoms with Gasteiger partial charge in [0.25, 0.3) is 0 Å². The van der Waals surface area contributed by atoms with Crippen molar-refractivity contribution in [1.82, 2.24) is 10.2 Å². The summed E-state index contributed by atoms with van der Waals surface area (Å²) >= 11 is 0. The lowest BCUT2D eigenvalue weighted by atomic mass is 9.96. The van der Waals surface area contributed by atoms with Crippen molar-refractivity contribution in [1.29, 1.82) is 0 Å². The van der Waals surface area contributed by atoms with Crippen molar-refractivity contribution in [2.75, 3.05) is 0 Å². The topological polar surface area (TPSA) is 62.6 Å². The van der Waals surface area contributed by atoms with Gasteiger partial charge in [-0.2, -0.15) is 0 Å². The molecule has 3 aromatic rings. The Morgan fingerprint density at radius 2 is 1.77 bits per heavy atom. The minimum absolute atomic E-state index is 0.114. The fourth-order valence-corrected chi connectivity index (χ4v) is 3.96. The van der Waals surface area contributed by atoms with E-state index in [0.717, 1.165) is 31.2 Å². The van der Waals surface area contributed by atoms with Crippen LogP contribution in [0.4, 0.5) is 9.18 Å². The van der Waals surface area contributed by atoms with Gasteiger partial charge in [-0.15, -0.1) is 0 Å². The molecule has 6 heteroatoms. The van der Waals surface area contributed by atoms with E-state index in [1.807, 2.05) is 6.07 Å². The lowest BCUT2D eigenvalue weighted by Crippen LogP contribution is -2.45. The Morgan fingerprint density at radius 1 is 1.03 bits per heavy atom. The quantitative estimate of drug-likeness (QED) is 0.648. The van der Waals surface area contributed by atoms with E-state index in [4.69, 9.17) is 4.42 Å². The minimum Gasteiger partial charge on any atom is -0.464 e. The first-order valence-corrected chi connectivity index (χ1v) is 10.4. The van der Waals surface area contributed by atoms with Crippen LogP contribution in [0.1, 0.15) is 43.2 Å². The van der Waals surface area contributed by atoms with Crippen molar-refractivity contribution >= 4 is 17.0 Å². The van der Waals surface area contributed by atoms with Crippen LogP contribution >= 0.6 is 0 Å². The fraction of sp³-hybridized carbons (Fsp3) is 0.333. The van der Waals surface area contributed by atoms with Crippen molar-refractivity contribution in [2.24, 2.45) is 0 Å². The number of carbonyl (C=O) groups excluding carboxylic acids is 1. The smallest absolute Gasteiger partial charge is 0.318 e. The van der Waals surface area contributed by atoms with Gasteiger partial charge in [0.2, 0.25) is 0 Å². The van der Waals surface area contributed by atoms with Gasteiger partial charge in [-0.05, 0) is 42.7 Å². The van der Waals surface area contributed by atoms with Crippen LogP contribution in [0.15, 0.2) is 64.0 Å². The molecule has 1 saturated carbocycles. The van der Waals surface area contributed by atoms with E-state index < -0.39 is 0 Å². The van der Waals surface area contributed by atoms with Crippen LogP contribution in [-0.4, -0.2) is 17.0 Å². The molecule has 0 unspecified atom stereocenters. The second-order valence-corrected chi connectivity index (χ2v) is 7.85. The Balaban J connectivity index is 1.59. The maximum Gasteiger partial charge on any atom is 0.318 e. The van der Waals surface area contributed by atoms with Crippen LogP contribution in [0.3, 0.4) is 0 Å².